The van der Waals surface area contributed by atoms with Gasteiger partial charge in [-0.05, 0) is 37.1 Å². The Balaban J connectivity index is 1.72. The maximum atomic E-state index is 12.3. The Hall–Kier alpha value is -1.86. The van der Waals surface area contributed by atoms with Crippen molar-refractivity contribution >= 4 is 19.0 Å². The van der Waals surface area contributed by atoms with E-state index >= 15 is 0 Å². The minimum atomic E-state index is -0.959. The molecule has 0 spiro atoms. The average Bonchev–Trinajstić information content (AvgIpc) is 2.71. The quantitative estimate of drug-likeness (QED) is 0.470. The van der Waals surface area contributed by atoms with Crippen molar-refractivity contribution in [2.24, 2.45) is 5.92 Å². The monoisotopic (exact) mass is 301 g/mol. The number of carbonyl (C=O) groups is 2. The van der Waals surface area contributed by atoms with E-state index in [2.05, 4.69) is 28.0 Å². The van der Waals surface area contributed by atoms with E-state index in [4.69, 9.17) is 0 Å². The zero-order valence-electron chi connectivity index (χ0n) is 12.5. The molecule has 2 aliphatic rings. The van der Waals surface area contributed by atoms with E-state index in [1.165, 1.54) is 5.56 Å². The van der Waals surface area contributed by atoms with Crippen molar-refractivity contribution in [3.8, 4) is 0 Å². The number of hydrogen-bond donors (Lipinski definition) is 4. The highest BCUT2D eigenvalue weighted by Crippen LogP contribution is 2.47. The zero-order valence-corrected chi connectivity index (χ0v) is 12.5. The maximum absolute atomic E-state index is 12.3. The summed E-state index contributed by atoms with van der Waals surface area (Å²) in [6.45, 7) is 1.82. The van der Waals surface area contributed by atoms with Crippen LogP contribution in [0.25, 0.3) is 0 Å². The summed E-state index contributed by atoms with van der Waals surface area (Å²) in [5.74, 6) is 0.178. The van der Waals surface area contributed by atoms with Crippen LogP contribution in [-0.2, 0) is 4.79 Å². The van der Waals surface area contributed by atoms with Crippen molar-refractivity contribution in [3.63, 3.8) is 0 Å². The van der Waals surface area contributed by atoms with Gasteiger partial charge in [-0.25, -0.2) is 4.79 Å². The smallest absolute Gasteiger partial charge is 0.373 e. The van der Waals surface area contributed by atoms with E-state index in [9.17, 15) is 14.6 Å². The van der Waals surface area contributed by atoms with E-state index in [-0.39, 0.29) is 18.4 Å². The van der Waals surface area contributed by atoms with Gasteiger partial charge in [0.05, 0.1) is 0 Å². The molecule has 22 heavy (non-hydrogen) atoms. The van der Waals surface area contributed by atoms with E-state index < -0.39 is 18.6 Å². The molecule has 0 aromatic heterocycles. The number of nitrogens with one attached hydrogen (secondary N) is 3. The van der Waals surface area contributed by atoms with Crippen molar-refractivity contribution in [2.45, 2.75) is 31.1 Å². The lowest BCUT2D eigenvalue weighted by atomic mass is 9.62. The van der Waals surface area contributed by atoms with Gasteiger partial charge in [-0.1, -0.05) is 30.3 Å². The van der Waals surface area contributed by atoms with Crippen molar-refractivity contribution in [3.05, 3.63) is 35.9 Å². The van der Waals surface area contributed by atoms with E-state index in [1.54, 1.807) is 6.82 Å². The van der Waals surface area contributed by atoms with Crippen LogP contribution in [-0.4, -0.2) is 36.1 Å². The molecule has 1 unspecified atom stereocenters. The number of rotatable bonds is 5. The van der Waals surface area contributed by atoms with Crippen LogP contribution in [0.2, 0.25) is 6.82 Å². The second kappa shape index (κ2) is 5.74. The first-order valence-electron chi connectivity index (χ1n) is 7.61. The average molecular weight is 301 g/mol. The van der Waals surface area contributed by atoms with Crippen LogP contribution in [0.4, 0.5) is 4.79 Å². The van der Waals surface area contributed by atoms with Gasteiger partial charge >= 0.3 is 13.1 Å². The third-order valence-electron chi connectivity index (χ3n) is 4.75. The molecule has 4 N–H and O–H groups in total. The van der Waals surface area contributed by atoms with Crippen molar-refractivity contribution < 1.29 is 14.6 Å². The molecule has 1 aliphatic carbocycles. The summed E-state index contributed by atoms with van der Waals surface area (Å²) in [5, 5.41) is 17.4. The Kier molecular flexibility index (Phi) is 3.93. The third kappa shape index (κ3) is 2.62. The molecule has 1 aromatic carbocycles. The third-order valence-corrected chi connectivity index (χ3v) is 4.75. The first-order valence-corrected chi connectivity index (χ1v) is 7.61. The molecule has 1 aliphatic heterocycles. The molecule has 1 saturated heterocycles. The predicted molar refractivity (Wildman–Crippen MR) is 83.2 cm³/mol. The van der Waals surface area contributed by atoms with Crippen LogP contribution in [0.1, 0.15) is 24.3 Å². The minimum absolute atomic E-state index is 0.0652. The highest BCUT2D eigenvalue weighted by Gasteiger charge is 2.55. The number of imide groups is 1. The number of amides is 3. The van der Waals surface area contributed by atoms with Gasteiger partial charge in [-0.15, -0.1) is 0 Å². The van der Waals surface area contributed by atoms with Gasteiger partial charge in [0, 0.05) is 6.54 Å². The lowest BCUT2D eigenvalue weighted by molar-refractivity contribution is -0.127. The molecule has 116 valence electrons. The SMILES string of the molecule is CB(O)NCC1(C2CC(c3ccccc3)C2)NC(=O)NC1=O. The predicted octanol–water partition coefficient (Wildman–Crippen LogP) is 0.458. The Labute approximate surface area is 129 Å². The van der Waals surface area contributed by atoms with Crippen LogP contribution < -0.4 is 15.9 Å². The van der Waals surface area contributed by atoms with Gasteiger partial charge in [-0.2, -0.15) is 0 Å². The molecule has 1 saturated carbocycles. The summed E-state index contributed by atoms with van der Waals surface area (Å²) in [6.07, 6.45) is 1.69. The summed E-state index contributed by atoms with van der Waals surface area (Å²) < 4.78 is 0. The molecule has 1 heterocycles. The summed E-state index contributed by atoms with van der Waals surface area (Å²) in [7, 11) is -0.729. The van der Waals surface area contributed by atoms with E-state index in [0.717, 1.165) is 12.8 Å². The lowest BCUT2D eigenvalue weighted by Gasteiger charge is -2.45. The molecule has 1 atom stereocenters. The Bertz CT molecular complexity index is 575. The fourth-order valence-electron chi connectivity index (χ4n) is 3.39. The standard InChI is InChI=1S/C15H20BN3O3/c1-16(22)17-9-15(13(20)18-14(21)19-15)12-7-11(8-12)10-5-3-2-4-6-10/h2-6,11-12,17,22H,7-9H2,1H3,(H2,18,19,20,21). The highest BCUT2D eigenvalue weighted by atomic mass is 16.2. The Morgan fingerprint density at radius 1 is 1.32 bits per heavy atom. The molecule has 0 bridgehead atoms. The zero-order chi connectivity index (χ0) is 15.7. The normalized spacial score (nSPS) is 30.5. The molecule has 2 fully saturated rings. The van der Waals surface area contributed by atoms with Crippen LogP contribution in [0, 0.1) is 5.92 Å². The number of urea groups is 1. The second-order valence-electron chi connectivity index (χ2n) is 6.21. The first kappa shape index (κ1) is 15.1. The molecule has 3 rings (SSSR count). The fraction of sp³-hybridized carbons (Fsp3) is 0.467. The number of carbonyl (C=O) groups excluding carboxylic acids is 2. The molecular formula is C15H20BN3O3. The van der Waals surface area contributed by atoms with Gasteiger partial charge in [0.15, 0.2) is 0 Å². The summed E-state index contributed by atoms with van der Waals surface area (Å²) >= 11 is 0. The molecule has 6 nitrogen and oxygen atoms in total. The minimum Gasteiger partial charge on any atom is -0.437 e. The van der Waals surface area contributed by atoms with Gasteiger partial charge in [-0.3, -0.25) is 10.1 Å². The van der Waals surface area contributed by atoms with Gasteiger partial charge in [0.1, 0.15) is 5.54 Å². The lowest BCUT2D eigenvalue weighted by Crippen LogP contribution is -2.63. The van der Waals surface area contributed by atoms with Gasteiger partial charge in [0.2, 0.25) is 0 Å². The number of benzene rings is 1. The van der Waals surface area contributed by atoms with Crippen LogP contribution in [0.3, 0.4) is 0 Å². The number of hydrogen-bond acceptors (Lipinski definition) is 4. The second-order valence-corrected chi connectivity index (χ2v) is 6.21. The van der Waals surface area contributed by atoms with Crippen molar-refractivity contribution in [2.75, 3.05) is 6.54 Å². The summed E-state index contributed by atoms with van der Waals surface area (Å²) in [6, 6.07) is 9.73. The van der Waals surface area contributed by atoms with Crippen molar-refractivity contribution in [1.29, 1.82) is 0 Å². The highest BCUT2D eigenvalue weighted by molar-refractivity contribution is 6.45. The van der Waals surface area contributed by atoms with Gasteiger partial charge in [0.25, 0.3) is 5.91 Å². The van der Waals surface area contributed by atoms with Gasteiger partial charge < -0.3 is 15.6 Å². The molecule has 1 aromatic rings. The maximum Gasteiger partial charge on any atom is 0.373 e. The fourth-order valence-corrected chi connectivity index (χ4v) is 3.39. The molecular weight excluding hydrogens is 281 g/mol. The van der Waals surface area contributed by atoms with E-state index in [1.807, 2.05) is 18.2 Å². The largest absolute Gasteiger partial charge is 0.437 e. The van der Waals surface area contributed by atoms with E-state index in [0.29, 0.717) is 5.92 Å². The Morgan fingerprint density at radius 2 is 2.00 bits per heavy atom. The topological polar surface area (TPSA) is 90.5 Å². The van der Waals surface area contributed by atoms with Crippen LogP contribution in [0.15, 0.2) is 30.3 Å². The molecule has 3 amide bonds. The Morgan fingerprint density at radius 3 is 2.55 bits per heavy atom. The summed E-state index contributed by atoms with van der Waals surface area (Å²) in [4.78, 5) is 23.9. The van der Waals surface area contributed by atoms with Crippen LogP contribution in [0.5, 0.6) is 0 Å². The first-order chi connectivity index (χ1) is 10.5. The summed E-state index contributed by atoms with van der Waals surface area (Å²) in [5.41, 5.74) is 0.307. The van der Waals surface area contributed by atoms with Crippen LogP contribution >= 0.6 is 0 Å². The molecule has 7 heteroatoms. The van der Waals surface area contributed by atoms with Crippen molar-refractivity contribution in [1.82, 2.24) is 15.9 Å². The molecule has 0 radical (unpaired) electrons.